The van der Waals surface area contributed by atoms with Crippen LogP contribution in [0.5, 0.6) is 0 Å². The van der Waals surface area contributed by atoms with Crippen LogP contribution in [0.3, 0.4) is 0 Å². The second-order valence-corrected chi connectivity index (χ2v) is 4.97. The molecule has 0 unspecified atom stereocenters. The molecule has 0 aliphatic heterocycles. The maximum Gasteiger partial charge on any atom is 0.137 e. The smallest absolute Gasteiger partial charge is 0.137 e. The normalized spacial score (nSPS) is 10.6. The highest BCUT2D eigenvalue weighted by Crippen LogP contribution is 2.30. The molecule has 0 fully saturated rings. The third-order valence-corrected chi connectivity index (χ3v) is 3.47. The van der Waals surface area contributed by atoms with Crippen LogP contribution in [0.2, 0.25) is 0 Å². The molecule has 0 aromatic heterocycles. The highest BCUT2D eigenvalue weighted by Gasteiger charge is 2.05. The Bertz CT molecular complexity index is 526. The Labute approximate surface area is 109 Å². The number of hydrogen-bond donors (Lipinski definition) is 1. The molecule has 0 radical (unpaired) electrons. The molecular formula is C14H13F2NS. The summed E-state index contributed by atoms with van der Waals surface area (Å²) in [6.07, 6.45) is 0. The van der Waals surface area contributed by atoms with Crippen LogP contribution >= 0.6 is 11.8 Å². The Hall–Kier alpha value is -1.39. The van der Waals surface area contributed by atoms with Gasteiger partial charge in [-0.05, 0) is 42.9 Å². The van der Waals surface area contributed by atoms with Crippen LogP contribution in [0, 0.1) is 11.6 Å². The van der Waals surface area contributed by atoms with E-state index < -0.39 is 11.6 Å². The van der Waals surface area contributed by atoms with Gasteiger partial charge in [-0.1, -0.05) is 23.9 Å². The van der Waals surface area contributed by atoms with Crippen molar-refractivity contribution >= 4 is 11.8 Å². The standard InChI is InChI=1S/C14H13F2NS/c1-17-9-10-2-5-12(6-3-10)18-14-8-11(15)4-7-13(14)16/h2-8,17H,9H2,1H3. The molecule has 0 saturated heterocycles. The highest BCUT2D eigenvalue weighted by molar-refractivity contribution is 7.99. The molecule has 18 heavy (non-hydrogen) atoms. The van der Waals surface area contributed by atoms with Gasteiger partial charge in [0.2, 0.25) is 0 Å². The Morgan fingerprint density at radius 3 is 2.44 bits per heavy atom. The molecule has 2 rings (SSSR count). The number of nitrogens with one attached hydrogen (secondary N) is 1. The summed E-state index contributed by atoms with van der Waals surface area (Å²) in [6, 6.07) is 11.2. The number of hydrogen-bond acceptors (Lipinski definition) is 2. The fraction of sp³-hybridized carbons (Fsp3) is 0.143. The summed E-state index contributed by atoms with van der Waals surface area (Å²) in [4.78, 5) is 1.19. The first-order valence-corrected chi connectivity index (χ1v) is 6.37. The first-order valence-electron chi connectivity index (χ1n) is 5.55. The van der Waals surface area contributed by atoms with E-state index in [4.69, 9.17) is 0 Å². The quantitative estimate of drug-likeness (QED) is 0.901. The van der Waals surface area contributed by atoms with Crippen LogP contribution in [0.4, 0.5) is 8.78 Å². The molecule has 4 heteroatoms. The van der Waals surface area contributed by atoms with E-state index in [-0.39, 0.29) is 0 Å². The molecular weight excluding hydrogens is 252 g/mol. The van der Waals surface area contributed by atoms with Gasteiger partial charge in [0.25, 0.3) is 0 Å². The SMILES string of the molecule is CNCc1ccc(Sc2cc(F)ccc2F)cc1. The lowest BCUT2D eigenvalue weighted by Crippen LogP contribution is -2.04. The summed E-state index contributed by atoms with van der Waals surface area (Å²) >= 11 is 1.22. The third kappa shape index (κ3) is 3.31. The summed E-state index contributed by atoms with van der Waals surface area (Å²) in [5.74, 6) is -0.827. The van der Waals surface area contributed by atoms with Gasteiger partial charge in [0.15, 0.2) is 0 Å². The molecule has 0 heterocycles. The third-order valence-electron chi connectivity index (χ3n) is 2.43. The molecule has 0 aliphatic rings. The lowest BCUT2D eigenvalue weighted by Gasteiger charge is -2.05. The second kappa shape index (κ2) is 5.98. The first-order chi connectivity index (χ1) is 8.69. The minimum absolute atomic E-state index is 0.302. The molecule has 2 aromatic rings. The van der Waals surface area contributed by atoms with Crippen molar-refractivity contribution in [1.29, 1.82) is 0 Å². The highest BCUT2D eigenvalue weighted by atomic mass is 32.2. The Morgan fingerprint density at radius 2 is 1.78 bits per heavy atom. The number of benzene rings is 2. The van der Waals surface area contributed by atoms with Gasteiger partial charge in [-0.2, -0.15) is 0 Å². The van der Waals surface area contributed by atoms with E-state index in [0.717, 1.165) is 29.1 Å². The predicted molar refractivity (Wildman–Crippen MR) is 69.7 cm³/mol. The molecule has 0 atom stereocenters. The molecule has 0 amide bonds. The maximum absolute atomic E-state index is 13.5. The fourth-order valence-electron chi connectivity index (χ4n) is 1.56. The fourth-order valence-corrected chi connectivity index (χ4v) is 2.43. The van der Waals surface area contributed by atoms with Crippen LogP contribution in [0.15, 0.2) is 52.3 Å². The summed E-state index contributed by atoms with van der Waals surface area (Å²) < 4.78 is 26.5. The van der Waals surface area contributed by atoms with Crippen molar-refractivity contribution in [3.8, 4) is 0 Å². The van der Waals surface area contributed by atoms with Crippen molar-refractivity contribution in [3.63, 3.8) is 0 Å². The van der Waals surface area contributed by atoms with E-state index in [1.54, 1.807) is 0 Å². The van der Waals surface area contributed by atoms with Gasteiger partial charge in [0.1, 0.15) is 11.6 Å². The molecule has 0 saturated carbocycles. The van der Waals surface area contributed by atoms with Crippen molar-refractivity contribution in [2.45, 2.75) is 16.3 Å². The summed E-state index contributed by atoms with van der Waals surface area (Å²) in [5.41, 5.74) is 1.15. The van der Waals surface area contributed by atoms with E-state index >= 15 is 0 Å². The molecule has 1 nitrogen and oxygen atoms in total. The van der Waals surface area contributed by atoms with Crippen LogP contribution in [0.25, 0.3) is 0 Å². The summed E-state index contributed by atoms with van der Waals surface area (Å²) in [6.45, 7) is 0.791. The van der Waals surface area contributed by atoms with E-state index in [2.05, 4.69) is 5.32 Å². The minimum Gasteiger partial charge on any atom is -0.316 e. The monoisotopic (exact) mass is 265 g/mol. The van der Waals surface area contributed by atoms with Crippen molar-refractivity contribution in [2.24, 2.45) is 0 Å². The molecule has 0 bridgehead atoms. The molecule has 0 aliphatic carbocycles. The molecule has 1 N–H and O–H groups in total. The van der Waals surface area contributed by atoms with Crippen molar-refractivity contribution in [1.82, 2.24) is 5.32 Å². The first kappa shape index (κ1) is 13.1. The van der Waals surface area contributed by atoms with Gasteiger partial charge in [-0.15, -0.1) is 0 Å². The lowest BCUT2D eigenvalue weighted by atomic mass is 10.2. The van der Waals surface area contributed by atoms with Gasteiger partial charge in [-0.3, -0.25) is 0 Å². The Kier molecular flexibility index (Phi) is 4.33. The van der Waals surface area contributed by atoms with Crippen molar-refractivity contribution in [3.05, 3.63) is 59.7 Å². The van der Waals surface area contributed by atoms with E-state index in [1.165, 1.54) is 17.8 Å². The lowest BCUT2D eigenvalue weighted by molar-refractivity contribution is 0.577. The van der Waals surface area contributed by atoms with E-state index in [9.17, 15) is 8.78 Å². The zero-order chi connectivity index (χ0) is 13.0. The number of halogens is 2. The van der Waals surface area contributed by atoms with Gasteiger partial charge in [0.05, 0.1) is 4.90 Å². The zero-order valence-electron chi connectivity index (χ0n) is 9.91. The Balaban J connectivity index is 2.15. The van der Waals surface area contributed by atoms with Crippen LogP contribution in [0.1, 0.15) is 5.56 Å². The zero-order valence-corrected chi connectivity index (χ0v) is 10.7. The predicted octanol–water partition coefficient (Wildman–Crippen LogP) is 3.84. The summed E-state index contributed by atoms with van der Waals surface area (Å²) in [5, 5.41) is 3.05. The second-order valence-electron chi connectivity index (χ2n) is 3.85. The molecule has 94 valence electrons. The van der Waals surface area contributed by atoms with E-state index in [0.29, 0.717) is 4.90 Å². The molecule has 0 spiro atoms. The average Bonchev–Trinajstić information content (AvgIpc) is 2.37. The maximum atomic E-state index is 13.5. The van der Waals surface area contributed by atoms with Gasteiger partial charge < -0.3 is 5.32 Å². The van der Waals surface area contributed by atoms with Crippen LogP contribution in [-0.4, -0.2) is 7.05 Å². The van der Waals surface area contributed by atoms with Crippen LogP contribution < -0.4 is 5.32 Å². The van der Waals surface area contributed by atoms with Gasteiger partial charge in [-0.25, -0.2) is 8.78 Å². The largest absolute Gasteiger partial charge is 0.316 e. The van der Waals surface area contributed by atoms with E-state index in [1.807, 2.05) is 31.3 Å². The Morgan fingerprint density at radius 1 is 1.06 bits per heavy atom. The average molecular weight is 265 g/mol. The van der Waals surface area contributed by atoms with Crippen molar-refractivity contribution < 1.29 is 8.78 Å². The number of rotatable bonds is 4. The topological polar surface area (TPSA) is 12.0 Å². The summed E-state index contributed by atoms with van der Waals surface area (Å²) in [7, 11) is 1.88. The van der Waals surface area contributed by atoms with Gasteiger partial charge >= 0.3 is 0 Å². The van der Waals surface area contributed by atoms with Gasteiger partial charge in [0, 0.05) is 11.4 Å². The minimum atomic E-state index is -0.425. The van der Waals surface area contributed by atoms with Crippen molar-refractivity contribution in [2.75, 3.05) is 7.05 Å². The molecule has 2 aromatic carbocycles. The van der Waals surface area contributed by atoms with Crippen LogP contribution in [-0.2, 0) is 6.54 Å².